The lowest BCUT2D eigenvalue weighted by Gasteiger charge is -2.10. The Morgan fingerprint density at radius 3 is 2.57 bits per heavy atom. The zero-order chi connectivity index (χ0) is 15.1. The average Bonchev–Trinajstić information content (AvgIpc) is 2.50. The van der Waals surface area contributed by atoms with Crippen molar-refractivity contribution in [2.24, 2.45) is 0 Å². The highest BCUT2D eigenvalue weighted by molar-refractivity contribution is 6.32. The Morgan fingerprint density at radius 1 is 1.14 bits per heavy atom. The molecule has 0 atom stereocenters. The van der Waals surface area contributed by atoms with E-state index in [0.29, 0.717) is 16.8 Å². The second-order valence-electron chi connectivity index (χ2n) is 4.85. The van der Waals surface area contributed by atoms with Crippen molar-refractivity contribution in [3.63, 3.8) is 0 Å². The number of benzene rings is 1. The molecule has 5 heteroatoms. The fourth-order valence-electron chi connectivity index (χ4n) is 1.97. The molecule has 0 bridgehead atoms. The third-order valence-electron chi connectivity index (χ3n) is 3.11. The van der Waals surface area contributed by atoms with Crippen LogP contribution in [0.3, 0.4) is 0 Å². The van der Waals surface area contributed by atoms with Gasteiger partial charge in [0.25, 0.3) is 0 Å². The normalized spacial score (nSPS) is 10.4. The van der Waals surface area contributed by atoms with E-state index in [4.69, 9.17) is 11.6 Å². The number of rotatable bonds is 7. The van der Waals surface area contributed by atoms with Crippen LogP contribution >= 0.6 is 11.6 Å². The molecule has 1 aromatic carbocycles. The molecule has 4 nitrogen and oxygen atoms in total. The molecule has 2 aromatic rings. The van der Waals surface area contributed by atoms with Crippen LogP contribution in [-0.2, 0) is 6.42 Å². The van der Waals surface area contributed by atoms with E-state index >= 15 is 0 Å². The first-order valence-electron chi connectivity index (χ1n) is 7.35. The number of anilines is 3. The number of unbranched alkanes of at least 4 members (excludes halogenated alkanes) is 1. The van der Waals surface area contributed by atoms with Gasteiger partial charge in [0.1, 0.15) is 5.02 Å². The van der Waals surface area contributed by atoms with Gasteiger partial charge < -0.3 is 10.6 Å². The monoisotopic (exact) mass is 304 g/mol. The van der Waals surface area contributed by atoms with Crippen LogP contribution in [-0.4, -0.2) is 16.5 Å². The summed E-state index contributed by atoms with van der Waals surface area (Å²) in [6.45, 7) is 4.97. The van der Waals surface area contributed by atoms with E-state index in [1.165, 1.54) is 18.4 Å². The van der Waals surface area contributed by atoms with Gasteiger partial charge in [-0.25, -0.2) is 4.98 Å². The molecular weight excluding hydrogens is 284 g/mol. The van der Waals surface area contributed by atoms with Crippen LogP contribution in [0, 0.1) is 0 Å². The van der Waals surface area contributed by atoms with Crippen LogP contribution in [0.4, 0.5) is 17.5 Å². The van der Waals surface area contributed by atoms with E-state index in [1.807, 2.05) is 6.92 Å². The molecule has 112 valence electrons. The summed E-state index contributed by atoms with van der Waals surface area (Å²) in [5.74, 6) is 1.19. The maximum absolute atomic E-state index is 6.13. The fraction of sp³-hybridized carbons (Fsp3) is 0.375. The molecule has 0 aliphatic rings. The van der Waals surface area contributed by atoms with Gasteiger partial charge in [-0.05, 0) is 37.5 Å². The summed E-state index contributed by atoms with van der Waals surface area (Å²) in [6, 6.07) is 8.38. The highest BCUT2D eigenvalue weighted by atomic mass is 35.5. The van der Waals surface area contributed by atoms with E-state index < -0.39 is 0 Å². The highest BCUT2D eigenvalue weighted by Gasteiger charge is 2.05. The fourth-order valence-corrected chi connectivity index (χ4v) is 2.11. The summed E-state index contributed by atoms with van der Waals surface area (Å²) in [5.41, 5.74) is 2.32. The summed E-state index contributed by atoms with van der Waals surface area (Å²) in [4.78, 5) is 8.49. The van der Waals surface area contributed by atoms with Gasteiger partial charge in [0.2, 0.25) is 5.95 Å². The molecule has 1 heterocycles. The van der Waals surface area contributed by atoms with Crippen molar-refractivity contribution >= 4 is 29.1 Å². The van der Waals surface area contributed by atoms with Crippen molar-refractivity contribution < 1.29 is 0 Å². The third-order valence-corrected chi connectivity index (χ3v) is 3.39. The largest absolute Gasteiger partial charge is 0.354 e. The first-order chi connectivity index (χ1) is 10.2. The van der Waals surface area contributed by atoms with Crippen molar-refractivity contribution in [3.05, 3.63) is 41.0 Å². The van der Waals surface area contributed by atoms with Crippen LogP contribution < -0.4 is 10.6 Å². The third kappa shape index (κ3) is 4.60. The number of nitrogens with zero attached hydrogens (tertiary/aromatic N) is 2. The van der Waals surface area contributed by atoms with E-state index in [2.05, 4.69) is 51.8 Å². The van der Waals surface area contributed by atoms with Gasteiger partial charge in [0, 0.05) is 12.2 Å². The molecule has 0 spiro atoms. The zero-order valence-electron chi connectivity index (χ0n) is 12.5. The number of hydrogen-bond acceptors (Lipinski definition) is 4. The molecule has 0 radical (unpaired) electrons. The van der Waals surface area contributed by atoms with Crippen molar-refractivity contribution in [2.75, 3.05) is 17.2 Å². The number of halogens is 1. The lowest BCUT2D eigenvalue weighted by molar-refractivity contribution is 0.795. The van der Waals surface area contributed by atoms with Crippen molar-refractivity contribution in [1.82, 2.24) is 9.97 Å². The van der Waals surface area contributed by atoms with Crippen LogP contribution in [0.15, 0.2) is 30.5 Å². The van der Waals surface area contributed by atoms with Crippen molar-refractivity contribution in [1.29, 1.82) is 0 Å². The Morgan fingerprint density at radius 2 is 1.90 bits per heavy atom. The molecule has 0 fully saturated rings. The van der Waals surface area contributed by atoms with E-state index in [0.717, 1.165) is 18.7 Å². The zero-order valence-corrected chi connectivity index (χ0v) is 13.2. The number of nitrogens with one attached hydrogen (secondary N) is 2. The van der Waals surface area contributed by atoms with E-state index in [9.17, 15) is 0 Å². The smallest absolute Gasteiger partial charge is 0.224 e. The van der Waals surface area contributed by atoms with Crippen LogP contribution in [0.25, 0.3) is 0 Å². The quantitative estimate of drug-likeness (QED) is 0.782. The summed E-state index contributed by atoms with van der Waals surface area (Å²) < 4.78 is 0. The molecule has 0 saturated heterocycles. The molecule has 0 unspecified atom stereocenters. The minimum absolute atomic E-state index is 0.506. The summed E-state index contributed by atoms with van der Waals surface area (Å²) >= 11 is 6.13. The molecule has 0 aliphatic heterocycles. The minimum Gasteiger partial charge on any atom is -0.354 e. The SMILES string of the molecule is CCCCc1ccc(Nc2nc(NCC)ncc2Cl)cc1. The number of aromatic nitrogens is 2. The van der Waals surface area contributed by atoms with Gasteiger partial charge in [-0.2, -0.15) is 4.98 Å². The summed E-state index contributed by atoms with van der Waals surface area (Å²) in [5, 5.41) is 6.81. The first-order valence-corrected chi connectivity index (χ1v) is 7.73. The predicted molar refractivity (Wildman–Crippen MR) is 89.5 cm³/mol. The highest BCUT2D eigenvalue weighted by Crippen LogP contribution is 2.24. The van der Waals surface area contributed by atoms with Gasteiger partial charge in [-0.1, -0.05) is 37.1 Å². The minimum atomic E-state index is 0.506. The topological polar surface area (TPSA) is 49.8 Å². The maximum Gasteiger partial charge on any atom is 0.224 e. The number of hydrogen-bond donors (Lipinski definition) is 2. The Hall–Kier alpha value is -1.81. The molecule has 0 aliphatic carbocycles. The molecule has 1 aromatic heterocycles. The predicted octanol–water partition coefficient (Wildman–Crippen LogP) is 4.65. The van der Waals surface area contributed by atoms with Crippen molar-refractivity contribution in [2.45, 2.75) is 33.1 Å². The van der Waals surface area contributed by atoms with Crippen LogP contribution in [0.2, 0.25) is 5.02 Å². The molecule has 0 saturated carbocycles. The first kappa shape index (κ1) is 15.6. The molecule has 21 heavy (non-hydrogen) atoms. The summed E-state index contributed by atoms with van der Waals surface area (Å²) in [6.07, 6.45) is 5.15. The standard InChI is InChI=1S/C16H21ClN4/c1-3-5-6-12-7-9-13(10-8-12)20-15-14(17)11-19-16(21-15)18-4-2/h7-11H,3-6H2,1-2H3,(H2,18,19,20,21). The van der Waals surface area contributed by atoms with Gasteiger partial charge in [-0.3, -0.25) is 0 Å². The lowest BCUT2D eigenvalue weighted by Crippen LogP contribution is -2.04. The lowest BCUT2D eigenvalue weighted by atomic mass is 10.1. The van der Waals surface area contributed by atoms with Gasteiger partial charge in [0.15, 0.2) is 5.82 Å². The van der Waals surface area contributed by atoms with Gasteiger partial charge >= 0.3 is 0 Å². The number of aryl methyl sites for hydroxylation is 1. The molecule has 2 N–H and O–H groups in total. The van der Waals surface area contributed by atoms with Gasteiger partial charge in [-0.15, -0.1) is 0 Å². The second kappa shape index (κ2) is 7.84. The molecular formula is C16H21ClN4. The van der Waals surface area contributed by atoms with Crippen LogP contribution in [0.1, 0.15) is 32.3 Å². The van der Waals surface area contributed by atoms with Crippen LogP contribution in [0.5, 0.6) is 0 Å². The Kier molecular flexibility index (Phi) is 5.81. The Labute approximate surface area is 131 Å². The Bertz CT molecular complexity index is 569. The molecule has 2 rings (SSSR count). The Balaban J connectivity index is 2.08. The van der Waals surface area contributed by atoms with E-state index in [1.54, 1.807) is 6.20 Å². The second-order valence-corrected chi connectivity index (χ2v) is 5.25. The average molecular weight is 305 g/mol. The van der Waals surface area contributed by atoms with Crippen molar-refractivity contribution in [3.8, 4) is 0 Å². The van der Waals surface area contributed by atoms with Gasteiger partial charge in [0.05, 0.1) is 6.20 Å². The summed E-state index contributed by atoms with van der Waals surface area (Å²) in [7, 11) is 0. The van der Waals surface area contributed by atoms with E-state index in [-0.39, 0.29) is 0 Å². The maximum atomic E-state index is 6.13. The molecule has 0 amide bonds.